The quantitative estimate of drug-likeness (QED) is 0.154. The van der Waals surface area contributed by atoms with Crippen LogP contribution in [0.2, 0.25) is 0 Å². The van der Waals surface area contributed by atoms with Gasteiger partial charge in [-0.1, -0.05) is 98.6 Å². The van der Waals surface area contributed by atoms with Gasteiger partial charge < -0.3 is 4.90 Å². The highest BCUT2D eigenvalue weighted by Gasteiger charge is 2.85. The number of nitrogens with zero attached hydrogens (tertiary/aromatic N) is 4. The van der Waals surface area contributed by atoms with Gasteiger partial charge in [0.1, 0.15) is 12.0 Å². The Morgan fingerprint density at radius 2 is 1.22 bits per heavy atom. The van der Waals surface area contributed by atoms with E-state index in [1.807, 2.05) is 103 Å². The molecule has 218 valence electrons. The summed E-state index contributed by atoms with van der Waals surface area (Å²) >= 11 is 7.15. The zero-order valence-corrected chi connectivity index (χ0v) is 26.8. The molecule has 45 heavy (non-hydrogen) atoms. The van der Waals surface area contributed by atoms with Gasteiger partial charge in [-0.15, -0.1) is 0 Å². The smallest absolute Gasteiger partial charge is 0.265 e. The van der Waals surface area contributed by atoms with Crippen LogP contribution >= 0.6 is 31.9 Å². The van der Waals surface area contributed by atoms with Crippen LogP contribution in [-0.4, -0.2) is 22.7 Å². The molecule has 7 nitrogen and oxygen atoms in total. The van der Waals surface area contributed by atoms with E-state index in [1.165, 1.54) is 4.90 Å². The summed E-state index contributed by atoms with van der Waals surface area (Å²) < 4.78 is 1.86. The fraction of sp³-hybridized carbons (Fsp3) is 0.111. The van der Waals surface area contributed by atoms with Crippen molar-refractivity contribution in [1.82, 2.24) is 5.43 Å². The van der Waals surface area contributed by atoms with Crippen LogP contribution in [0.3, 0.4) is 0 Å². The summed E-state index contributed by atoms with van der Waals surface area (Å²) in [4.78, 5) is 35.1. The lowest BCUT2D eigenvalue weighted by Gasteiger charge is -2.45. The first-order chi connectivity index (χ1) is 22.0. The van der Waals surface area contributed by atoms with Crippen LogP contribution in [0.4, 0.5) is 17.1 Å². The molecule has 0 unspecified atom stereocenters. The summed E-state index contributed by atoms with van der Waals surface area (Å²) in [7, 11) is 0. The number of carbonyl (C=O) groups excluding carboxylic acids is 2. The van der Waals surface area contributed by atoms with Crippen molar-refractivity contribution in [3.05, 3.63) is 147 Å². The van der Waals surface area contributed by atoms with E-state index in [2.05, 4.69) is 66.5 Å². The number of hydrogen-bond acceptors (Lipinski definition) is 5. The van der Waals surface area contributed by atoms with Crippen LogP contribution < -0.4 is 15.2 Å². The van der Waals surface area contributed by atoms with Gasteiger partial charge in [0.05, 0.1) is 5.69 Å². The molecule has 2 fully saturated rings. The molecule has 5 aromatic rings. The van der Waals surface area contributed by atoms with Crippen molar-refractivity contribution in [2.24, 2.45) is 11.0 Å². The van der Waals surface area contributed by atoms with E-state index in [1.54, 1.807) is 4.81 Å². The summed E-state index contributed by atoms with van der Waals surface area (Å²) in [5, 5.41) is 5.56. The largest absolute Gasteiger partial charge is 0.323 e. The second kappa shape index (κ2) is 9.45. The number of amides is 2. The molecule has 4 aliphatic rings. The van der Waals surface area contributed by atoms with Crippen molar-refractivity contribution in [3.63, 3.8) is 0 Å². The molecule has 0 radical (unpaired) electrons. The van der Waals surface area contributed by atoms with Crippen molar-refractivity contribution in [3.8, 4) is 11.1 Å². The fourth-order valence-corrected chi connectivity index (χ4v) is 8.47. The normalized spacial score (nSPS) is 25.6. The van der Waals surface area contributed by atoms with Gasteiger partial charge in [-0.2, -0.15) is 5.43 Å². The monoisotopic (exact) mass is 716 g/mol. The van der Waals surface area contributed by atoms with Gasteiger partial charge in [0, 0.05) is 42.2 Å². The van der Waals surface area contributed by atoms with Crippen molar-refractivity contribution < 1.29 is 14.4 Å². The van der Waals surface area contributed by atoms with E-state index in [0.29, 0.717) is 5.69 Å². The summed E-state index contributed by atoms with van der Waals surface area (Å²) in [6, 6.07) is 40.7. The Morgan fingerprint density at radius 3 is 1.91 bits per heavy atom. The topological polar surface area (TPSA) is 68.0 Å². The molecule has 0 aromatic heterocycles. The summed E-state index contributed by atoms with van der Waals surface area (Å²) in [6.07, 6.45) is 0. The summed E-state index contributed by atoms with van der Waals surface area (Å²) in [6.45, 7) is 0. The number of rotatable bonds is 3. The average Bonchev–Trinajstić information content (AvgIpc) is 3.65. The maximum Gasteiger partial charge on any atom is 0.265 e. The van der Waals surface area contributed by atoms with Gasteiger partial charge in [-0.25, -0.2) is 4.90 Å². The number of fused-ring (bicyclic) bond motifs is 4. The van der Waals surface area contributed by atoms with Gasteiger partial charge in [-0.05, 0) is 65.2 Å². The summed E-state index contributed by atoms with van der Waals surface area (Å²) in [5.41, 5.74) is 7.53. The second-order valence-corrected chi connectivity index (χ2v) is 13.5. The Labute approximate surface area is 276 Å². The number of hydrazine groups is 1. The van der Waals surface area contributed by atoms with Gasteiger partial charge in [0.25, 0.3) is 17.3 Å². The lowest BCUT2D eigenvalue weighted by molar-refractivity contribution is -0.570. The third-order valence-corrected chi connectivity index (χ3v) is 10.6. The van der Waals surface area contributed by atoms with Crippen molar-refractivity contribution >= 4 is 60.7 Å². The summed E-state index contributed by atoms with van der Waals surface area (Å²) in [5.74, 6) is -1.33. The zero-order chi connectivity index (χ0) is 30.5. The molecule has 2 saturated heterocycles. The van der Waals surface area contributed by atoms with Gasteiger partial charge in [0.15, 0.2) is 5.54 Å². The van der Waals surface area contributed by atoms with Crippen LogP contribution in [0, 0.1) is 5.92 Å². The van der Waals surface area contributed by atoms with Crippen LogP contribution in [0.5, 0.6) is 0 Å². The Hall–Kier alpha value is -4.60. The van der Waals surface area contributed by atoms with E-state index < -0.39 is 23.2 Å². The molecule has 2 amide bonds. The first kappa shape index (κ1) is 26.8. The predicted octanol–water partition coefficient (Wildman–Crippen LogP) is 7.63. The second-order valence-electron chi connectivity index (χ2n) is 11.7. The SMILES string of the molecule is O=C1[C@@H]2[C@H](C(=O)N1c1ccccc1)N(c1ccc(Br)cc1)[C@]13N=[N+](c4ccc(Br)cc4)N[C@]21c1ccccc1-c1ccccc13. The number of halogens is 2. The molecule has 3 heterocycles. The Balaban J connectivity index is 1.41. The number of benzene rings is 5. The molecule has 1 aliphatic carbocycles. The number of azo groups is 1. The Bertz CT molecular complexity index is 2090. The highest BCUT2D eigenvalue weighted by molar-refractivity contribution is 9.10. The molecule has 4 atom stereocenters. The minimum absolute atomic E-state index is 0.255. The molecule has 1 N–H and O–H groups in total. The minimum atomic E-state index is -1.19. The van der Waals surface area contributed by atoms with E-state index in [9.17, 15) is 9.59 Å². The molecule has 0 saturated carbocycles. The maximum absolute atomic E-state index is 15.0. The predicted molar refractivity (Wildman–Crippen MR) is 178 cm³/mol. The molecule has 5 aromatic carbocycles. The highest BCUT2D eigenvalue weighted by atomic mass is 79.9. The number of imide groups is 1. The number of hydrogen-bond donors (Lipinski definition) is 1. The van der Waals surface area contributed by atoms with Crippen molar-refractivity contribution in [1.29, 1.82) is 0 Å². The van der Waals surface area contributed by atoms with Gasteiger partial charge in [0.2, 0.25) is 5.91 Å². The van der Waals surface area contributed by atoms with Crippen LogP contribution in [0.25, 0.3) is 11.1 Å². The van der Waals surface area contributed by atoms with E-state index in [4.69, 9.17) is 5.11 Å². The van der Waals surface area contributed by atoms with Gasteiger partial charge in [-0.3, -0.25) is 9.59 Å². The molecule has 9 heteroatoms. The van der Waals surface area contributed by atoms with Crippen molar-refractivity contribution in [2.75, 3.05) is 9.80 Å². The lowest BCUT2D eigenvalue weighted by Crippen LogP contribution is -2.62. The standard InChI is InChI=1S/C36H24Br2N5O2/c37-22-14-18-25(19-15-22)42-32-31(33(44)41(34(32)45)24-8-2-1-3-9-24)35-29-12-6-4-10-27(29)28-11-5-7-13-30(28)36(35,42)40-43(39-35)26-20-16-23(38)17-21-26/h1-21,31-32H,(H,39,40)/q+1/t31-,32+,35+,36-/m0/s1. The number of para-hydroxylation sites is 1. The highest BCUT2D eigenvalue weighted by Crippen LogP contribution is 2.68. The molecule has 0 spiro atoms. The molecule has 9 rings (SSSR count). The molecule has 3 aliphatic heterocycles. The average molecular weight is 718 g/mol. The number of anilines is 2. The van der Waals surface area contributed by atoms with Crippen LogP contribution in [-0.2, 0) is 20.8 Å². The lowest BCUT2D eigenvalue weighted by atomic mass is 9.63. The van der Waals surface area contributed by atoms with E-state index in [0.717, 1.165) is 42.6 Å². The van der Waals surface area contributed by atoms with Gasteiger partial charge >= 0.3 is 0 Å². The first-order valence-corrected chi connectivity index (χ1v) is 16.3. The fourth-order valence-electron chi connectivity index (χ4n) is 7.94. The van der Waals surface area contributed by atoms with Crippen LogP contribution in [0.1, 0.15) is 11.1 Å². The van der Waals surface area contributed by atoms with Crippen LogP contribution in [0.15, 0.2) is 141 Å². The first-order valence-electron chi connectivity index (χ1n) is 14.7. The van der Waals surface area contributed by atoms with E-state index in [-0.39, 0.29) is 11.8 Å². The minimum Gasteiger partial charge on any atom is -0.323 e. The number of nitrogens with one attached hydrogen (secondary N) is 1. The van der Waals surface area contributed by atoms with Crippen molar-refractivity contribution in [2.45, 2.75) is 17.2 Å². The molecule has 0 bridgehead atoms. The zero-order valence-electron chi connectivity index (χ0n) is 23.6. The molecular weight excluding hydrogens is 694 g/mol. The Morgan fingerprint density at radius 1 is 0.644 bits per heavy atom. The Kier molecular flexibility index (Phi) is 5.62. The third kappa shape index (κ3) is 3.34. The third-order valence-electron chi connectivity index (χ3n) is 9.58. The number of carbonyl (C=O) groups is 2. The molecular formula is C36H24Br2N5O2+. The van der Waals surface area contributed by atoms with E-state index >= 15 is 0 Å². The maximum atomic E-state index is 15.0.